The molecule has 0 aromatic heterocycles. The standard InChI is InChI=1S/C13H19BrN2O3S/c1-13(2,3)15-12(17)9-16(4)20(18,19)11-7-5-10(14)6-8-11/h5-8H,9H2,1-4H3,(H,15,17). The van der Waals surface area contributed by atoms with Gasteiger partial charge in [0.05, 0.1) is 11.4 Å². The zero-order chi connectivity index (χ0) is 15.6. The van der Waals surface area contributed by atoms with E-state index in [9.17, 15) is 13.2 Å². The predicted octanol–water partition coefficient (Wildman–Crippen LogP) is 1.98. The molecule has 20 heavy (non-hydrogen) atoms. The number of benzene rings is 1. The Morgan fingerprint density at radius 3 is 2.20 bits per heavy atom. The van der Waals surface area contributed by atoms with Crippen molar-refractivity contribution >= 4 is 31.9 Å². The molecule has 0 atom stereocenters. The zero-order valence-corrected chi connectivity index (χ0v) is 14.4. The lowest BCUT2D eigenvalue weighted by molar-refractivity contribution is -0.122. The second kappa shape index (κ2) is 6.24. The topological polar surface area (TPSA) is 66.5 Å². The summed E-state index contributed by atoms with van der Waals surface area (Å²) in [5, 5.41) is 2.73. The van der Waals surface area contributed by atoms with Gasteiger partial charge in [0.1, 0.15) is 0 Å². The highest BCUT2D eigenvalue weighted by atomic mass is 79.9. The number of hydrogen-bond donors (Lipinski definition) is 1. The Hall–Kier alpha value is -0.920. The molecule has 1 amide bonds. The van der Waals surface area contributed by atoms with E-state index in [0.717, 1.165) is 8.78 Å². The average Bonchev–Trinajstić information content (AvgIpc) is 2.26. The first-order valence-electron chi connectivity index (χ1n) is 6.05. The van der Waals surface area contributed by atoms with Crippen LogP contribution in [-0.4, -0.2) is 37.8 Å². The first-order chi connectivity index (χ1) is 9.02. The maximum absolute atomic E-state index is 12.3. The van der Waals surface area contributed by atoms with Gasteiger partial charge < -0.3 is 5.32 Å². The molecule has 1 aromatic carbocycles. The third-order valence-corrected chi connectivity index (χ3v) is 4.75. The lowest BCUT2D eigenvalue weighted by atomic mass is 10.1. The lowest BCUT2D eigenvalue weighted by Crippen LogP contribution is -2.46. The van der Waals surface area contributed by atoms with Crippen LogP contribution in [0.25, 0.3) is 0 Å². The van der Waals surface area contributed by atoms with Gasteiger partial charge in [0.25, 0.3) is 0 Å². The number of carbonyl (C=O) groups is 1. The van der Waals surface area contributed by atoms with E-state index in [-0.39, 0.29) is 22.9 Å². The molecule has 1 aromatic rings. The Labute approximate surface area is 128 Å². The van der Waals surface area contributed by atoms with E-state index in [4.69, 9.17) is 0 Å². The summed E-state index contributed by atoms with van der Waals surface area (Å²) in [6, 6.07) is 6.29. The molecule has 0 radical (unpaired) electrons. The number of hydrogen-bond acceptors (Lipinski definition) is 3. The Balaban J connectivity index is 2.83. The van der Waals surface area contributed by atoms with Crippen LogP contribution >= 0.6 is 15.9 Å². The molecule has 0 heterocycles. The van der Waals surface area contributed by atoms with Gasteiger partial charge in [-0.3, -0.25) is 4.79 Å². The highest BCUT2D eigenvalue weighted by Gasteiger charge is 2.24. The van der Waals surface area contributed by atoms with Crippen LogP contribution in [-0.2, 0) is 14.8 Å². The Kier molecular flexibility index (Phi) is 5.34. The Morgan fingerprint density at radius 2 is 1.75 bits per heavy atom. The molecule has 0 fully saturated rings. The maximum Gasteiger partial charge on any atom is 0.243 e. The fourth-order valence-corrected chi connectivity index (χ4v) is 2.92. The molecular weight excluding hydrogens is 344 g/mol. The van der Waals surface area contributed by atoms with Crippen molar-refractivity contribution in [3.8, 4) is 0 Å². The van der Waals surface area contributed by atoms with Gasteiger partial charge in [-0.15, -0.1) is 0 Å². The van der Waals surface area contributed by atoms with E-state index in [1.807, 2.05) is 20.8 Å². The highest BCUT2D eigenvalue weighted by Crippen LogP contribution is 2.17. The summed E-state index contributed by atoms with van der Waals surface area (Å²) in [5.41, 5.74) is -0.390. The molecule has 0 aliphatic heterocycles. The van der Waals surface area contributed by atoms with Gasteiger partial charge in [-0.05, 0) is 45.0 Å². The summed E-state index contributed by atoms with van der Waals surface area (Å²) >= 11 is 3.25. The molecule has 5 nitrogen and oxygen atoms in total. The molecule has 0 spiro atoms. The van der Waals surface area contributed by atoms with E-state index in [1.165, 1.54) is 19.2 Å². The molecule has 0 aliphatic carbocycles. The number of sulfonamides is 1. The summed E-state index contributed by atoms with van der Waals surface area (Å²) in [5.74, 6) is -0.333. The normalized spacial score (nSPS) is 12.5. The Morgan fingerprint density at radius 1 is 1.25 bits per heavy atom. The molecular formula is C13H19BrN2O3S. The minimum Gasteiger partial charge on any atom is -0.350 e. The third kappa shape index (κ3) is 4.88. The first-order valence-corrected chi connectivity index (χ1v) is 8.28. The second-order valence-corrected chi connectivity index (χ2v) is 8.47. The number of carbonyl (C=O) groups excluding carboxylic acids is 1. The average molecular weight is 363 g/mol. The van der Waals surface area contributed by atoms with E-state index in [1.54, 1.807) is 12.1 Å². The molecule has 0 unspecified atom stereocenters. The van der Waals surface area contributed by atoms with Crippen LogP contribution in [0.4, 0.5) is 0 Å². The van der Waals surface area contributed by atoms with Crippen LogP contribution in [0.5, 0.6) is 0 Å². The van der Waals surface area contributed by atoms with Crippen molar-refractivity contribution in [3.05, 3.63) is 28.7 Å². The van der Waals surface area contributed by atoms with Crippen LogP contribution in [0.2, 0.25) is 0 Å². The van der Waals surface area contributed by atoms with Gasteiger partial charge in [0, 0.05) is 17.1 Å². The van der Waals surface area contributed by atoms with Crippen LogP contribution in [0.3, 0.4) is 0 Å². The minimum atomic E-state index is -3.65. The van der Waals surface area contributed by atoms with Crippen LogP contribution in [0.1, 0.15) is 20.8 Å². The van der Waals surface area contributed by atoms with Crippen LogP contribution in [0, 0.1) is 0 Å². The molecule has 1 N–H and O–H groups in total. The van der Waals surface area contributed by atoms with E-state index in [0.29, 0.717) is 0 Å². The van der Waals surface area contributed by atoms with Crippen LogP contribution in [0.15, 0.2) is 33.6 Å². The van der Waals surface area contributed by atoms with Crippen molar-refractivity contribution in [1.82, 2.24) is 9.62 Å². The van der Waals surface area contributed by atoms with Gasteiger partial charge in [0.2, 0.25) is 15.9 Å². The highest BCUT2D eigenvalue weighted by molar-refractivity contribution is 9.10. The molecule has 112 valence electrons. The van der Waals surface area contributed by atoms with E-state index < -0.39 is 10.0 Å². The molecule has 0 bridgehead atoms. The quantitative estimate of drug-likeness (QED) is 0.890. The Bertz CT molecular complexity index is 577. The SMILES string of the molecule is CN(CC(=O)NC(C)(C)C)S(=O)(=O)c1ccc(Br)cc1. The van der Waals surface area contributed by atoms with Crippen molar-refractivity contribution in [3.63, 3.8) is 0 Å². The fraction of sp³-hybridized carbons (Fsp3) is 0.462. The summed E-state index contributed by atoms with van der Waals surface area (Å²) in [6.07, 6.45) is 0. The van der Waals surface area contributed by atoms with E-state index >= 15 is 0 Å². The van der Waals surface area contributed by atoms with Gasteiger partial charge in [-0.1, -0.05) is 15.9 Å². The molecule has 0 saturated heterocycles. The van der Waals surface area contributed by atoms with Crippen molar-refractivity contribution in [2.75, 3.05) is 13.6 Å². The van der Waals surface area contributed by atoms with Crippen LogP contribution < -0.4 is 5.32 Å². The van der Waals surface area contributed by atoms with Crippen molar-refractivity contribution in [2.45, 2.75) is 31.2 Å². The van der Waals surface area contributed by atoms with Crippen molar-refractivity contribution in [2.24, 2.45) is 0 Å². The number of nitrogens with zero attached hydrogens (tertiary/aromatic N) is 1. The number of nitrogens with one attached hydrogen (secondary N) is 1. The van der Waals surface area contributed by atoms with E-state index in [2.05, 4.69) is 21.2 Å². The third-order valence-electron chi connectivity index (χ3n) is 2.40. The summed E-state index contributed by atoms with van der Waals surface area (Å²) in [4.78, 5) is 11.9. The largest absolute Gasteiger partial charge is 0.350 e. The number of likely N-dealkylation sites (N-methyl/N-ethyl adjacent to an activating group) is 1. The van der Waals surface area contributed by atoms with Crippen molar-refractivity contribution in [1.29, 1.82) is 0 Å². The number of rotatable bonds is 4. The zero-order valence-electron chi connectivity index (χ0n) is 12.0. The van der Waals surface area contributed by atoms with Gasteiger partial charge in [0.15, 0.2) is 0 Å². The van der Waals surface area contributed by atoms with Gasteiger partial charge >= 0.3 is 0 Å². The monoisotopic (exact) mass is 362 g/mol. The van der Waals surface area contributed by atoms with Crippen molar-refractivity contribution < 1.29 is 13.2 Å². The number of amides is 1. The summed E-state index contributed by atoms with van der Waals surface area (Å²) in [7, 11) is -2.27. The summed E-state index contributed by atoms with van der Waals surface area (Å²) in [6.45, 7) is 5.31. The smallest absolute Gasteiger partial charge is 0.243 e. The predicted molar refractivity (Wildman–Crippen MR) is 81.9 cm³/mol. The lowest BCUT2D eigenvalue weighted by Gasteiger charge is -2.23. The molecule has 1 rings (SSSR count). The minimum absolute atomic E-state index is 0.159. The molecule has 0 saturated carbocycles. The number of halogens is 1. The first kappa shape index (κ1) is 17.1. The second-order valence-electron chi connectivity index (χ2n) is 5.51. The maximum atomic E-state index is 12.3. The summed E-state index contributed by atoms with van der Waals surface area (Å²) < 4.78 is 26.4. The molecule has 7 heteroatoms. The fourth-order valence-electron chi connectivity index (χ4n) is 1.53. The molecule has 0 aliphatic rings. The van der Waals surface area contributed by atoms with Gasteiger partial charge in [-0.2, -0.15) is 4.31 Å². The van der Waals surface area contributed by atoms with Gasteiger partial charge in [-0.25, -0.2) is 8.42 Å².